The minimum atomic E-state index is -0.475. The summed E-state index contributed by atoms with van der Waals surface area (Å²) in [6, 6.07) is 9.31. The highest BCUT2D eigenvalue weighted by Crippen LogP contribution is 2.20. The van der Waals surface area contributed by atoms with Crippen molar-refractivity contribution >= 4 is 11.8 Å². The molecule has 0 saturated carbocycles. The lowest BCUT2D eigenvalue weighted by molar-refractivity contribution is -0.140. The summed E-state index contributed by atoms with van der Waals surface area (Å²) in [4.78, 5) is 26.7. The number of benzene rings is 1. The number of methoxy groups -OCH3 is 1. The molecule has 0 aliphatic rings. The summed E-state index contributed by atoms with van der Waals surface area (Å²) in [5.74, 6) is 1.05. The van der Waals surface area contributed by atoms with Crippen LogP contribution in [0.5, 0.6) is 5.75 Å². The molecule has 0 aliphatic carbocycles. The van der Waals surface area contributed by atoms with E-state index < -0.39 is 5.41 Å². The number of ether oxygens (including phenoxy) is 1. The van der Waals surface area contributed by atoms with Crippen molar-refractivity contribution in [3.63, 3.8) is 0 Å². The van der Waals surface area contributed by atoms with Gasteiger partial charge in [0.25, 0.3) is 5.91 Å². The average molecular weight is 402 g/mol. The monoisotopic (exact) mass is 401 g/mol. The number of carbonyl (C=O) groups excluding carboxylic acids is 2. The number of hydrogen-bond donors (Lipinski definition) is 1. The van der Waals surface area contributed by atoms with Gasteiger partial charge in [0.1, 0.15) is 5.75 Å². The van der Waals surface area contributed by atoms with E-state index in [0.29, 0.717) is 31.8 Å². The summed E-state index contributed by atoms with van der Waals surface area (Å²) in [6.45, 7) is 9.10. The number of nitrogens with zero attached hydrogens (tertiary/aromatic N) is 2. The lowest BCUT2D eigenvalue weighted by Crippen LogP contribution is -2.39. The zero-order valence-corrected chi connectivity index (χ0v) is 17.9. The van der Waals surface area contributed by atoms with Gasteiger partial charge in [0.05, 0.1) is 13.7 Å². The SMILES string of the molecule is CCCN(Cc1cc(C(=O)NCCc2ccc(OC)cc2)no1)C(=O)C(C)(C)C. The first-order valence-corrected chi connectivity index (χ1v) is 9.90. The Balaban J connectivity index is 1.90. The Kier molecular flexibility index (Phi) is 7.82. The normalized spacial score (nSPS) is 11.2. The Labute approximate surface area is 172 Å². The van der Waals surface area contributed by atoms with Gasteiger partial charge in [-0.3, -0.25) is 9.59 Å². The van der Waals surface area contributed by atoms with Gasteiger partial charge < -0.3 is 19.5 Å². The highest BCUT2D eigenvalue weighted by Gasteiger charge is 2.28. The molecule has 29 heavy (non-hydrogen) atoms. The van der Waals surface area contributed by atoms with Crippen LogP contribution in [0.2, 0.25) is 0 Å². The molecule has 2 rings (SSSR count). The molecule has 2 aromatic rings. The van der Waals surface area contributed by atoms with E-state index in [0.717, 1.165) is 17.7 Å². The molecule has 0 bridgehead atoms. The summed E-state index contributed by atoms with van der Waals surface area (Å²) in [5.41, 5.74) is 0.842. The fourth-order valence-corrected chi connectivity index (χ4v) is 2.88. The Bertz CT molecular complexity index is 806. The molecule has 1 heterocycles. The summed E-state index contributed by atoms with van der Waals surface area (Å²) in [7, 11) is 1.63. The van der Waals surface area contributed by atoms with E-state index in [4.69, 9.17) is 9.26 Å². The van der Waals surface area contributed by atoms with Gasteiger partial charge in [0, 0.05) is 24.6 Å². The van der Waals surface area contributed by atoms with Crippen molar-refractivity contribution in [2.24, 2.45) is 5.41 Å². The van der Waals surface area contributed by atoms with E-state index in [1.807, 2.05) is 52.0 Å². The molecule has 0 saturated heterocycles. The Morgan fingerprint density at radius 3 is 2.48 bits per heavy atom. The molecule has 1 aromatic heterocycles. The summed E-state index contributed by atoms with van der Waals surface area (Å²) in [5, 5.41) is 6.70. The number of amides is 2. The maximum Gasteiger partial charge on any atom is 0.273 e. The number of carbonyl (C=O) groups is 2. The smallest absolute Gasteiger partial charge is 0.273 e. The van der Waals surface area contributed by atoms with Crippen molar-refractivity contribution in [1.29, 1.82) is 0 Å². The van der Waals surface area contributed by atoms with Gasteiger partial charge in [-0.05, 0) is 30.5 Å². The lowest BCUT2D eigenvalue weighted by Gasteiger charge is -2.28. The maximum atomic E-state index is 12.6. The third-order valence-electron chi connectivity index (χ3n) is 4.42. The van der Waals surface area contributed by atoms with Crippen molar-refractivity contribution in [3.05, 3.63) is 47.3 Å². The summed E-state index contributed by atoms with van der Waals surface area (Å²) < 4.78 is 10.4. The van der Waals surface area contributed by atoms with Crippen molar-refractivity contribution in [2.75, 3.05) is 20.2 Å². The van der Waals surface area contributed by atoms with Crippen LogP contribution in [-0.4, -0.2) is 42.1 Å². The van der Waals surface area contributed by atoms with Crippen LogP contribution in [0, 0.1) is 5.41 Å². The van der Waals surface area contributed by atoms with Gasteiger partial charge in [-0.15, -0.1) is 0 Å². The van der Waals surface area contributed by atoms with Crippen LogP contribution in [0.15, 0.2) is 34.9 Å². The van der Waals surface area contributed by atoms with Gasteiger partial charge in [-0.25, -0.2) is 0 Å². The van der Waals surface area contributed by atoms with Crippen LogP contribution in [-0.2, 0) is 17.8 Å². The first-order valence-electron chi connectivity index (χ1n) is 9.90. The fourth-order valence-electron chi connectivity index (χ4n) is 2.88. The van der Waals surface area contributed by atoms with Crippen molar-refractivity contribution in [2.45, 2.75) is 47.1 Å². The van der Waals surface area contributed by atoms with Crippen LogP contribution in [0.1, 0.15) is 55.9 Å². The maximum absolute atomic E-state index is 12.6. The summed E-state index contributed by atoms with van der Waals surface area (Å²) in [6.07, 6.45) is 1.54. The van der Waals surface area contributed by atoms with E-state index >= 15 is 0 Å². The van der Waals surface area contributed by atoms with Gasteiger partial charge >= 0.3 is 0 Å². The second-order valence-corrected chi connectivity index (χ2v) is 8.01. The van der Waals surface area contributed by atoms with Gasteiger partial charge in [0.2, 0.25) is 5.91 Å². The molecule has 7 heteroatoms. The third-order valence-corrected chi connectivity index (χ3v) is 4.42. The zero-order valence-electron chi connectivity index (χ0n) is 17.9. The first kappa shape index (κ1) is 22.5. The van der Waals surface area contributed by atoms with Gasteiger partial charge in [0.15, 0.2) is 11.5 Å². The minimum absolute atomic E-state index is 0.0428. The molecule has 158 valence electrons. The van der Waals surface area contributed by atoms with E-state index in [-0.39, 0.29) is 17.5 Å². The summed E-state index contributed by atoms with van der Waals surface area (Å²) >= 11 is 0. The quantitative estimate of drug-likeness (QED) is 0.696. The van der Waals surface area contributed by atoms with Crippen molar-refractivity contribution in [1.82, 2.24) is 15.4 Å². The average Bonchev–Trinajstić information content (AvgIpc) is 3.15. The van der Waals surface area contributed by atoms with Crippen molar-refractivity contribution in [3.8, 4) is 5.75 Å². The van der Waals surface area contributed by atoms with Gasteiger partial charge in [-0.1, -0.05) is 45.0 Å². The van der Waals surface area contributed by atoms with E-state index in [1.54, 1.807) is 18.1 Å². The van der Waals surface area contributed by atoms with Crippen LogP contribution in [0.25, 0.3) is 0 Å². The lowest BCUT2D eigenvalue weighted by atomic mass is 9.94. The van der Waals surface area contributed by atoms with Crippen LogP contribution in [0.3, 0.4) is 0 Å². The van der Waals surface area contributed by atoms with Crippen LogP contribution < -0.4 is 10.1 Å². The number of hydrogen-bond acceptors (Lipinski definition) is 5. The molecule has 0 fully saturated rings. The predicted octanol–water partition coefficient (Wildman–Crippen LogP) is 3.44. The molecule has 1 aromatic carbocycles. The number of nitrogens with one attached hydrogen (secondary N) is 1. The molecule has 0 aliphatic heterocycles. The molecule has 1 N–H and O–H groups in total. The molecular formula is C22H31N3O4. The molecule has 0 spiro atoms. The molecule has 0 unspecified atom stereocenters. The predicted molar refractivity (Wildman–Crippen MR) is 111 cm³/mol. The molecule has 2 amide bonds. The molecule has 0 atom stereocenters. The zero-order chi connectivity index (χ0) is 21.4. The van der Waals surface area contributed by atoms with Gasteiger partial charge in [-0.2, -0.15) is 0 Å². The Hall–Kier alpha value is -2.83. The van der Waals surface area contributed by atoms with Crippen LogP contribution >= 0.6 is 0 Å². The second kappa shape index (κ2) is 10.1. The molecular weight excluding hydrogens is 370 g/mol. The Morgan fingerprint density at radius 1 is 1.21 bits per heavy atom. The van der Waals surface area contributed by atoms with Crippen LogP contribution in [0.4, 0.5) is 0 Å². The largest absolute Gasteiger partial charge is 0.497 e. The number of aromatic nitrogens is 1. The molecule has 0 radical (unpaired) electrons. The highest BCUT2D eigenvalue weighted by atomic mass is 16.5. The number of rotatable bonds is 9. The highest BCUT2D eigenvalue weighted by molar-refractivity contribution is 5.92. The van der Waals surface area contributed by atoms with E-state index in [1.165, 1.54) is 0 Å². The standard InChI is InChI=1S/C22H31N3O4/c1-6-13-25(21(27)22(2,3)4)15-18-14-19(24-29-18)20(26)23-12-11-16-7-9-17(28-5)10-8-16/h7-10,14H,6,11-13,15H2,1-5H3,(H,23,26). The topological polar surface area (TPSA) is 84.7 Å². The second-order valence-electron chi connectivity index (χ2n) is 8.01. The van der Waals surface area contributed by atoms with E-state index in [2.05, 4.69) is 10.5 Å². The third kappa shape index (κ3) is 6.62. The fraction of sp³-hybridized carbons (Fsp3) is 0.500. The first-order chi connectivity index (χ1) is 13.7. The minimum Gasteiger partial charge on any atom is -0.497 e. The van der Waals surface area contributed by atoms with Crippen molar-refractivity contribution < 1.29 is 18.8 Å². The van der Waals surface area contributed by atoms with E-state index in [9.17, 15) is 9.59 Å². The Morgan fingerprint density at radius 2 is 1.90 bits per heavy atom. The molecule has 7 nitrogen and oxygen atoms in total.